The number of hydrogen-bond acceptors (Lipinski definition) is 2. The summed E-state index contributed by atoms with van der Waals surface area (Å²) in [7, 11) is 0. The van der Waals surface area contributed by atoms with E-state index in [4.69, 9.17) is 0 Å². The lowest BCUT2D eigenvalue weighted by atomic mass is 10.0. The van der Waals surface area contributed by atoms with E-state index < -0.39 is 0 Å². The maximum atomic E-state index is 4.40. The molecule has 0 amide bonds. The van der Waals surface area contributed by atoms with Gasteiger partial charge in [0.2, 0.25) is 0 Å². The molecule has 0 spiro atoms. The average molecular weight is 233 g/mol. The molecule has 2 aromatic heterocycles. The van der Waals surface area contributed by atoms with Gasteiger partial charge in [0, 0.05) is 12.4 Å². The molecule has 0 fully saturated rings. The van der Waals surface area contributed by atoms with Crippen molar-refractivity contribution in [2.75, 3.05) is 0 Å². The van der Waals surface area contributed by atoms with E-state index in [1.165, 1.54) is 5.56 Å². The Morgan fingerprint density at radius 2 is 1.72 bits per heavy atom. The lowest BCUT2D eigenvalue weighted by molar-refractivity contribution is 1.16. The van der Waals surface area contributed by atoms with Gasteiger partial charge in [-0.25, -0.2) is 0 Å². The Morgan fingerprint density at radius 3 is 2.61 bits per heavy atom. The summed E-state index contributed by atoms with van der Waals surface area (Å²) in [5.41, 5.74) is 4.36. The third kappa shape index (κ3) is 2.23. The molecule has 0 N–H and O–H groups in total. The van der Waals surface area contributed by atoms with Crippen molar-refractivity contribution < 1.29 is 0 Å². The van der Waals surface area contributed by atoms with Crippen molar-refractivity contribution >= 4 is 11.0 Å². The SMILES string of the molecule is [CH](Cc1ccccc1)c1ccnc2cccnc12. The van der Waals surface area contributed by atoms with E-state index in [1.807, 2.05) is 36.7 Å². The normalized spacial score (nSPS) is 10.7. The van der Waals surface area contributed by atoms with Crippen LogP contribution >= 0.6 is 0 Å². The molecule has 3 aromatic rings. The summed E-state index contributed by atoms with van der Waals surface area (Å²) in [4.78, 5) is 8.71. The number of fused-ring (bicyclic) bond motifs is 1. The Morgan fingerprint density at radius 1 is 0.833 bits per heavy atom. The Balaban J connectivity index is 1.87. The zero-order valence-electron chi connectivity index (χ0n) is 9.95. The summed E-state index contributed by atoms with van der Waals surface area (Å²) in [6.07, 6.45) is 6.76. The van der Waals surface area contributed by atoms with Gasteiger partial charge in [0.1, 0.15) is 0 Å². The highest BCUT2D eigenvalue weighted by atomic mass is 14.7. The minimum atomic E-state index is 0.913. The van der Waals surface area contributed by atoms with Gasteiger partial charge in [-0.2, -0.15) is 0 Å². The van der Waals surface area contributed by atoms with E-state index >= 15 is 0 Å². The molecule has 0 saturated heterocycles. The molecule has 0 aliphatic heterocycles. The lowest BCUT2D eigenvalue weighted by Gasteiger charge is -2.04. The van der Waals surface area contributed by atoms with Crippen LogP contribution in [0.15, 0.2) is 60.9 Å². The second kappa shape index (κ2) is 4.96. The van der Waals surface area contributed by atoms with E-state index in [9.17, 15) is 0 Å². The number of aromatic nitrogens is 2. The minimum Gasteiger partial charge on any atom is -0.255 e. The lowest BCUT2D eigenvalue weighted by Crippen LogP contribution is -1.92. The molecule has 18 heavy (non-hydrogen) atoms. The van der Waals surface area contributed by atoms with Crippen molar-refractivity contribution in [2.24, 2.45) is 0 Å². The summed E-state index contributed by atoms with van der Waals surface area (Å²) >= 11 is 0. The minimum absolute atomic E-state index is 0.913. The Kier molecular flexibility index (Phi) is 3.01. The molecule has 1 aromatic carbocycles. The molecule has 1 radical (unpaired) electrons. The van der Waals surface area contributed by atoms with Gasteiger partial charge in [-0.15, -0.1) is 0 Å². The monoisotopic (exact) mass is 233 g/mol. The van der Waals surface area contributed by atoms with Crippen LogP contribution in [0.5, 0.6) is 0 Å². The third-order valence-corrected chi connectivity index (χ3v) is 2.93. The number of nitrogens with zero attached hydrogens (tertiary/aromatic N) is 2. The highest BCUT2D eigenvalue weighted by molar-refractivity contribution is 5.78. The predicted molar refractivity (Wildman–Crippen MR) is 73.1 cm³/mol. The van der Waals surface area contributed by atoms with Crippen LogP contribution in [0.1, 0.15) is 11.1 Å². The van der Waals surface area contributed by atoms with Crippen molar-refractivity contribution in [1.82, 2.24) is 9.97 Å². The highest BCUT2D eigenvalue weighted by Gasteiger charge is 2.03. The van der Waals surface area contributed by atoms with Gasteiger partial charge in [-0.1, -0.05) is 30.3 Å². The second-order valence-corrected chi connectivity index (χ2v) is 4.17. The van der Waals surface area contributed by atoms with Crippen molar-refractivity contribution in [3.63, 3.8) is 0 Å². The predicted octanol–water partition coefficient (Wildman–Crippen LogP) is 3.42. The van der Waals surface area contributed by atoms with Crippen LogP contribution in [0, 0.1) is 6.42 Å². The molecule has 0 aliphatic rings. The van der Waals surface area contributed by atoms with Crippen LogP contribution in [0.3, 0.4) is 0 Å². The first-order chi connectivity index (χ1) is 8.93. The molecule has 0 bridgehead atoms. The highest BCUT2D eigenvalue weighted by Crippen LogP contribution is 2.17. The maximum absolute atomic E-state index is 4.40. The summed E-state index contributed by atoms with van der Waals surface area (Å²) in [6.45, 7) is 0. The van der Waals surface area contributed by atoms with Crippen LogP contribution in [0.4, 0.5) is 0 Å². The zero-order valence-corrected chi connectivity index (χ0v) is 9.95. The standard InChI is InChI=1S/C16H13N2/c1-2-5-13(6-3-1)8-9-14-10-12-17-15-7-4-11-18-16(14)15/h1-7,9-12H,8H2. The largest absolute Gasteiger partial charge is 0.255 e. The maximum Gasteiger partial charge on any atom is 0.0921 e. The first-order valence-corrected chi connectivity index (χ1v) is 6.00. The molecule has 2 nitrogen and oxygen atoms in total. The quantitative estimate of drug-likeness (QED) is 0.692. The molecule has 0 unspecified atom stereocenters. The summed E-state index contributed by atoms with van der Waals surface area (Å²) < 4.78 is 0. The Bertz CT molecular complexity index is 642. The summed E-state index contributed by atoms with van der Waals surface area (Å²) in [6, 6.07) is 16.3. The Hall–Kier alpha value is -2.22. The second-order valence-electron chi connectivity index (χ2n) is 4.17. The van der Waals surface area contributed by atoms with Gasteiger partial charge >= 0.3 is 0 Å². The number of rotatable bonds is 3. The zero-order chi connectivity index (χ0) is 12.2. The average Bonchev–Trinajstić information content (AvgIpc) is 2.46. The van der Waals surface area contributed by atoms with Crippen LogP contribution in [-0.4, -0.2) is 9.97 Å². The van der Waals surface area contributed by atoms with Crippen LogP contribution in [0.2, 0.25) is 0 Å². The third-order valence-electron chi connectivity index (χ3n) is 2.93. The van der Waals surface area contributed by atoms with Crippen molar-refractivity contribution in [3.8, 4) is 0 Å². The van der Waals surface area contributed by atoms with Crippen LogP contribution in [0.25, 0.3) is 11.0 Å². The van der Waals surface area contributed by atoms with Crippen molar-refractivity contribution in [3.05, 3.63) is 78.5 Å². The molecule has 87 valence electrons. The van der Waals surface area contributed by atoms with E-state index in [0.717, 1.165) is 23.0 Å². The van der Waals surface area contributed by atoms with Gasteiger partial charge < -0.3 is 0 Å². The van der Waals surface area contributed by atoms with Crippen molar-refractivity contribution in [2.45, 2.75) is 6.42 Å². The fourth-order valence-electron chi connectivity index (χ4n) is 2.01. The summed E-state index contributed by atoms with van der Waals surface area (Å²) in [5, 5.41) is 0. The molecule has 2 heterocycles. The van der Waals surface area contributed by atoms with E-state index in [1.54, 1.807) is 0 Å². The van der Waals surface area contributed by atoms with Crippen LogP contribution in [-0.2, 0) is 6.42 Å². The molecule has 2 heteroatoms. The number of hydrogen-bond donors (Lipinski definition) is 0. The molecule has 3 rings (SSSR count). The topological polar surface area (TPSA) is 25.8 Å². The molecule has 0 aliphatic carbocycles. The van der Waals surface area contributed by atoms with Crippen molar-refractivity contribution in [1.29, 1.82) is 0 Å². The van der Waals surface area contributed by atoms with Gasteiger partial charge in [-0.3, -0.25) is 9.97 Å². The molecular formula is C16H13N2. The molecular weight excluding hydrogens is 220 g/mol. The smallest absolute Gasteiger partial charge is 0.0921 e. The van der Waals surface area contributed by atoms with Gasteiger partial charge in [-0.05, 0) is 42.2 Å². The van der Waals surface area contributed by atoms with Crippen LogP contribution < -0.4 is 0 Å². The van der Waals surface area contributed by atoms with Gasteiger partial charge in [0.25, 0.3) is 0 Å². The fourth-order valence-corrected chi connectivity index (χ4v) is 2.01. The Labute approximate surface area is 106 Å². The number of pyridine rings is 2. The molecule has 0 atom stereocenters. The van der Waals surface area contributed by atoms with E-state index in [2.05, 4.69) is 40.7 Å². The van der Waals surface area contributed by atoms with E-state index in [-0.39, 0.29) is 0 Å². The van der Waals surface area contributed by atoms with Gasteiger partial charge in [0.15, 0.2) is 0 Å². The van der Waals surface area contributed by atoms with Gasteiger partial charge in [0.05, 0.1) is 11.0 Å². The number of benzene rings is 1. The van der Waals surface area contributed by atoms with E-state index in [0.29, 0.717) is 0 Å². The molecule has 0 saturated carbocycles. The fraction of sp³-hybridized carbons (Fsp3) is 0.0625. The first kappa shape index (κ1) is 10.9. The summed E-state index contributed by atoms with van der Waals surface area (Å²) in [5.74, 6) is 0. The first-order valence-electron chi connectivity index (χ1n) is 6.00.